The lowest BCUT2D eigenvalue weighted by atomic mass is 9.78. The Bertz CT molecular complexity index is 1030. The first-order valence-corrected chi connectivity index (χ1v) is 9.60. The van der Waals surface area contributed by atoms with Gasteiger partial charge in [0.2, 0.25) is 0 Å². The van der Waals surface area contributed by atoms with E-state index in [1.807, 2.05) is 29.6 Å². The van der Waals surface area contributed by atoms with Crippen LogP contribution in [0.4, 0.5) is 0 Å². The molecule has 0 bridgehead atoms. The topological polar surface area (TPSA) is 81.7 Å². The average Bonchev–Trinajstić information content (AvgIpc) is 3.10. The van der Waals surface area contributed by atoms with Crippen LogP contribution in [0, 0.1) is 0 Å². The average molecular weight is 399 g/mol. The van der Waals surface area contributed by atoms with Crippen LogP contribution in [-0.2, 0) is 23.9 Å². The summed E-state index contributed by atoms with van der Waals surface area (Å²) in [6.45, 7) is 3.24. The summed E-state index contributed by atoms with van der Waals surface area (Å²) in [5, 5.41) is 5.98. The lowest BCUT2D eigenvalue weighted by Crippen LogP contribution is -2.32. The van der Waals surface area contributed by atoms with Gasteiger partial charge in [0.15, 0.2) is 5.78 Å². The molecule has 0 saturated heterocycles. The molecule has 1 aliphatic heterocycles. The zero-order valence-electron chi connectivity index (χ0n) is 16.1. The fraction of sp³-hybridized carbons (Fsp3) is 0.286. The molecule has 2 heterocycles. The van der Waals surface area contributed by atoms with E-state index in [4.69, 9.17) is 9.47 Å². The number of Topliss-reactive ketones (excluding diaryl/α,β-unsaturated/α-hetero) is 1. The molecule has 3 rings (SSSR count). The molecule has 146 valence electrons. The molecule has 28 heavy (non-hydrogen) atoms. The van der Waals surface area contributed by atoms with Crippen molar-refractivity contribution in [1.82, 2.24) is 5.32 Å². The number of fused-ring (bicyclic) bond motifs is 1. The van der Waals surface area contributed by atoms with Crippen molar-refractivity contribution in [3.8, 4) is 0 Å². The highest BCUT2D eigenvalue weighted by Gasteiger charge is 2.38. The van der Waals surface area contributed by atoms with Crippen molar-refractivity contribution >= 4 is 39.1 Å². The Morgan fingerprint density at radius 1 is 1.11 bits per heavy atom. The Hall–Kier alpha value is -2.93. The summed E-state index contributed by atoms with van der Waals surface area (Å²) < 4.78 is 10.8. The van der Waals surface area contributed by atoms with Crippen molar-refractivity contribution in [3.05, 3.63) is 57.7 Å². The van der Waals surface area contributed by atoms with E-state index in [1.165, 1.54) is 21.1 Å². The molecule has 6 nitrogen and oxygen atoms in total. The van der Waals surface area contributed by atoms with Gasteiger partial charge in [-0.15, -0.1) is 11.3 Å². The minimum Gasteiger partial charge on any atom is -0.469 e. The van der Waals surface area contributed by atoms with Crippen molar-refractivity contribution < 1.29 is 23.9 Å². The van der Waals surface area contributed by atoms with Crippen LogP contribution in [0.15, 0.2) is 52.2 Å². The zero-order chi connectivity index (χ0) is 20.4. The highest BCUT2D eigenvalue weighted by Crippen LogP contribution is 2.44. The molecule has 1 atom stereocenters. The van der Waals surface area contributed by atoms with E-state index < -0.39 is 17.9 Å². The summed E-state index contributed by atoms with van der Waals surface area (Å²) in [6.07, 6.45) is -0.123. The summed E-state index contributed by atoms with van der Waals surface area (Å²) in [7, 11) is 2.57. The lowest BCUT2D eigenvalue weighted by Gasteiger charge is -2.31. The van der Waals surface area contributed by atoms with Crippen LogP contribution in [0.1, 0.15) is 31.7 Å². The van der Waals surface area contributed by atoms with Crippen LogP contribution in [0.25, 0.3) is 10.1 Å². The van der Waals surface area contributed by atoms with E-state index in [-0.39, 0.29) is 17.8 Å². The number of hydrogen-bond donors (Lipinski definition) is 1. The van der Waals surface area contributed by atoms with Crippen LogP contribution in [0.3, 0.4) is 0 Å². The van der Waals surface area contributed by atoms with Crippen LogP contribution in [-0.4, -0.2) is 31.9 Å². The van der Waals surface area contributed by atoms with Gasteiger partial charge in [0.1, 0.15) is 0 Å². The number of ketones is 1. The number of thiophene rings is 1. The molecule has 1 aromatic carbocycles. The molecule has 2 aromatic rings. The van der Waals surface area contributed by atoms with Gasteiger partial charge in [-0.3, -0.25) is 9.59 Å². The standard InChI is InChI=1S/C21H21NO5S/c1-11-18(12(2)23)19(14-10-28-16-8-6-5-7-13(14)16)20(21(25)27-4)15(22-11)9-17(24)26-3/h5-8,10,19,22H,9H2,1-4H3. The minimum atomic E-state index is -0.623. The van der Waals surface area contributed by atoms with Gasteiger partial charge in [-0.05, 0) is 36.2 Å². The van der Waals surface area contributed by atoms with E-state index in [9.17, 15) is 14.4 Å². The van der Waals surface area contributed by atoms with Crippen LogP contribution in [0.5, 0.6) is 0 Å². The molecule has 1 aromatic heterocycles. The van der Waals surface area contributed by atoms with Crippen LogP contribution < -0.4 is 5.32 Å². The molecule has 0 radical (unpaired) electrons. The Labute approximate surface area is 166 Å². The predicted molar refractivity (Wildman–Crippen MR) is 107 cm³/mol. The van der Waals surface area contributed by atoms with Crippen molar-refractivity contribution in [1.29, 1.82) is 0 Å². The van der Waals surface area contributed by atoms with Crippen molar-refractivity contribution in [3.63, 3.8) is 0 Å². The van der Waals surface area contributed by atoms with Gasteiger partial charge in [0.05, 0.1) is 26.2 Å². The maximum Gasteiger partial charge on any atom is 0.336 e. The number of benzene rings is 1. The second-order valence-electron chi connectivity index (χ2n) is 6.48. The number of dihydropyridines is 1. The highest BCUT2D eigenvalue weighted by molar-refractivity contribution is 7.17. The number of carbonyl (C=O) groups is 3. The second kappa shape index (κ2) is 7.98. The maximum absolute atomic E-state index is 12.8. The van der Waals surface area contributed by atoms with Crippen molar-refractivity contribution in [2.75, 3.05) is 14.2 Å². The van der Waals surface area contributed by atoms with E-state index in [0.717, 1.165) is 15.6 Å². The van der Waals surface area contributed by atoms with E-state index in [2.05, 4.69) is 5.32 Å². The van der Waals surface area contributed by atoms with E-state index in [0.29, 0.717) is 17.0 Å². The molecular formula is C21H21NO5S. The predicted octanol–water partition coefficient (Wildman–Crippen LogP) is 3.44. The Morgan fingerprint density at radius 2 is 1.82 bits per heavy atom. The molecule has 7 heteroatoms. The molecule has 0 saturated carbocycles. The largest absolute Gasteiger partial charge is 0.469 e. The number of esters is 2. The molecule has 1 unspecified atom stereocenters. The van der Waals surface area contributed by atoms with Gasteiger partial charge in [0, 0.05) is 27.6 Å². The number of methoxy groups -OCH3 is 2. The van der Waals surface area contributed by atoms with Crippen LogP contribution in [0.2, 0.25) is 0 Å². The Balaban J connectivity index is 2.29. The van der Waals surface area contributed by atoms with Gasteiger partial charge in [-0.1, -0.05) is 18.2 Å². The van der Waals surface area contributed by atoms with Crippen molar-refractivity contribution in [2.24, 2.45) is 0 Å². The van der Waals surface area contributed by atoms with E-state index >= 15 is 0 Å². The number of allylic oxidation sites excluding steroid dienone is 2. The first kappa shape index (κ1) is 19.8. The monoisotopic (exact) mass is 399 g/mol. The third-order valence-corrected chi connectivity index (χ3v) is 5.78. The first-order valence-electron chi connectivity index (χ1n) is 8.72. The number of hydrogen-bond acceptors (Lipinski definition) is 7. The Kier molecular flexibility index (Phi) is 5.65. The number of ether oxygens (including phenoxy) is 2. The number of rotatable bonds is 5. The fourth-order valence-electron chi connectivity index (χ4n) is 3.60. The first-order chi connectivity index (χ1) is 13.4. The van der Waals surface area contributed by atoms with Gasteiger partial charge >= 0.3 is 11.9 Å². The smallest absolute Gasteiger partial charge is 0.336 e. The molecule has 1 aliphatic rings. The minimum absolute atomic E-state index is 0.123. The third-order valence-electron chi connectivity index (χ3n) is 4.80. The second-order valence-corrected chi connectivity index (χ2v) is 7.39. The molecule has 0 amide bonds. The van der Waals surface area contributed by atoms with Gasteiger partial charge in [0.25, 0.3) is 0 Å². The lowest BCUT2D eigenvalue weighted by molar-refractivity contribution is -0.139. The van der Waals surface area contributed by atoms with Crippen molar-refractivity contribution in [2.45, 2.75) is 26.2 Å². The number of carbonyl (C=O) groups excluding carboxylic acids is 3. The zero-order valence-corrected chi connectivity index (χ0v) is 16.9. The summed E-state index contributed by atoms with van der Waals surface area (Å²) in [5.74, 6) is -1.85. The fourth-order valence-corrected chi connectivity index (χ4v) is 4.59. The summed E-state index contributed by atoms with van der Waals surface area (Å²) in [4.78, 5) is 37.2. The molecule has 0 aliphatic carbocycles. The molecule has 0 fully saturated rings. The molecular weight excluding hydrogens is 378 g/mol. The molecule has 0 spiro atoms. The van der Waals surface area contributed by atoms with Gasteiger partial charge < -0.3 is 14.8 Å². The third kappa shape index (κ3) is 3.45. The summed E-state index contributed by atoms with van der Waals surface area (Å²) in [6, 6.07) is 7.81. The van der Waals surface area contributed by atoms with Gasteiger partial charge in [-0.25, -0.2) is 4.79 Å². The highest BCUT2D eigenvalue weighted by atomic mass is 32.1. The quantitative estimate of drug-likeness (QED) is 0.776. The van der Waals surface area contributed by atoms with E-state index in [1.54, 1.807) is 18.3 Å². The maximum atomic E-state index is 12.8. The normalized spacial score (nSPS) is 16.8. The summed E-state index contributed by atoms with van der Waals surface area (Å²) >= 11 is 1.54. The summed E-state index contributed by atoms with van der Waals surface area (Å²) in [5.41, 5.74) is 2.58. The Morgan fingerprint density at radius 3 is 2.46 bits per heavy atom. The van der Waals surface area contributed by atoms with Crippen LogP contribution >= 0.6 is 11.3 Å². The SMILES string of the molecule is COC(=O)CC1=C(C(=O)OC)C(c2csc3ccccc23)C(C(C)=O)=C(C)N1. The molecule has 1 N–H and O–H groups in total. The number of nitrogens with one attached hydrogen (secondary N) is 1. The van der Waals surface area contributed by atoms with Gasteiger partial charge in [-0.2, -0.15) is 0 Å².